The highest BCUT2D eigenvalue weighted by Crippen LogP contribution is 2.30. The first-order chi connectivity index (χ1) is 17.6. The number of rotatable bonds is 9. The first kappa shape index (κ1) is 29.1. The van der Waals surface area contributed by atoms with E-state index in [-0.39, 0.29) is 41.5 Å². The van der Waals surface area contributed by atoms with Gasteiger partial charge in [0.05, 0.1) is 28.9 Å². The number of benzene rings is 1. The van der Waals surface area contributed by atoms with Gasteiger partial charge in [0.15, 0.2) is 12.2 Å². The van der Waals surface area contributed by atoms with Gasteiger partial charge in [-0.15, -0.1) is 0 Å². The van der Waals surface area contributed by atoms with Crippen LogP contribution < -0.4 is 15.8 Å². The number of alkyl halides is 1. The molecule has 14 heteroatoms. The molecule has 1 saturated heterocycles. The summed E-state index contributed by atoms with van der Waals surface area (Å²) in [7, 11) is 0. The number of β-amino-alcohol motifs (C(OH)–C–C–N with tert-alkyl or cyclic N) is 1. The van der Waals surface area contributed by atoms with Crippen molar-refractivity contribution in [3.8, 4) is 5.88 Å². The van der Waals surface area contributed by atoms with E-state index in [4.69, 9.17) is 15.6 Å². The molecule has 1 aliphatic rings. The molecule has 208 valence electrons. The number of nitrogens with zero attached hydrogens (tertiary/aromatic N) is 2. The van der Waals surface area contributed by atoms with E-state index in [9.17, 15) is 34.1 Å². The number of aliphatic hydroxyl groups is 3. The number of esters is 1. The van der Waals surface area contributed by atoms with Crippen LogP contribution in [0.15, 0.2) is 18.2 Å². The molecule has 1 fully saturated rings. The minimum Gasteiger partial charge on any atom is -0.479 e. The predicted molar refractivity (Wildman–Crippen MR) is 130 cm³/mol. The Hall–Kier alpha value is -3.46. The molecule has 12 nitrogen and oxygen atoms in total. The quantitative estimate of drug-likeness (QED) is 0.185. The first-order valence-corrected chi connectivity index (χ1v) is 11.7. The third kappa shape index (κ3) is 6.89. The Morgan fingerprint density at radius 1 is 1.24 bits per heavy atom. The van der Waals surface area contributed by atoms with Crippen LogP contribution in [0.3, 0.4) is 0 Å². The number of pyridine rings is 1. The molecule has 0 bridgehead atoms. The Kier molecular flexibility index (Phi) is 8.51. The Morgan fingerprint density at radius 2 is 1.87 bits per heavy atom. The van der Waals surface area contributed by atoms with Crippen molar-refractivity contribution in [3.05, 3.63) is 29.6 Å². The van der Waals surface area contributed by atoms with Crippen LogP contribution in [0.4, 0.5) is 14.5 Å². The number of halogens is 2. The Bertz CT molecular complexity index is 1230. The number of carbonyl (C=O) groups excluding carboxylic acids is 2. The number of likely N-dealkylation sites (tertiary alicyclic amines) is 1. The number of aliphatic hydroxyl groups excluding tert-OH is 2. The normalized spacial score (nSPS) is 17.6. The molecular formula is C24H30F2N4O8. The number of anilines is 1. The van der Waals surface area contributed by atoms with E-state index in [2.05, 4.69) is 10.3 Å². The van der Waals surface area contributed by atoms with Gasteiger partial charge in [0.25, 0.3) is 5.91 Å². The molecule has 1 amide bonds. The summed E-state index contributed by atoms with van der Waals surface area (Å²) in [6, 6.07) is 3.05. The molecule has 1 aromatic carbocycles. The third-order valence-electron chi connectivity index (χ3n) is 6.12. The maximum Gasteiger partial charge on any atom is 0.345 e. The third-order valence-corrected chi connectivity index (χ3v) is 6.12. The van der Waals surface area contributed by atoms with E-state index >= 15 is 4.39 Å². The summed E-state index contributed by atoms with van der Waals surface area (Å²) in [5.41, 5.74) is 2.20. The molecule has 0 spiro atoms. The van der Waals surface area contributed by atoms with Gasteiger partial charge in [-0.1, -0.05) is 0 Å². The summed E-state index contributed by atoms with van der Waals surface area (Å²) in [5.74, 6) is -5.72. The number of piperidine rings is 1. The number of amides is 1. The first-order valence-electron chi connectivity index (χ1n) is 11.7. The number of fused-ring (bicyclic) bond motifs is 1. The second kappa shape index (κ2) is 11.1. The van der Waals surface area contributed by atoms with E-state index in [0.717, 1.165) is 12.1 Å². The number of carboxylic acid groups (broad SMARTS) is 1. The summed E-state index contributed by atoms with van der Waals surface area (Å²) in [6.07, 6.45) is -4.68. The molecule has 1 aromatic heterocycles. The number of nitrogen functional groups attached to an aromatic ring is 1. The van der Waals surface area contributed by atoms with Gasteiger partial charge in [-0.3, -0.25) is 4.79 Å². The fourth-order valence-electron chi connectivity index (χ4n) is 4.09. The molecule has 3 rings (SSSR count). The van der Waals surface area contributed by atoms with Crippen molar-refractivity contribution in [1.29, 1.82) is 0 Å². The predicted octanol–water partition coefficient (Wildman–Crippen LogP) is -0.0273. The van der Waals surface area contributed by atoms with Gasteiger partial charge in [-0.05, 0) is 38.8 Å². The second-order valence-corrected chi connectivity index (χ2v) is 9.94. The van der Waals surface area contributed by atoms with E-state index in [1.54, 1.807) is 13.8 Å². The lowest BCUT2D eigenvalue weighted by Gasteiger charge is -2.38. The number of hydrogen-bond donors (Lipinski definition) is 6. The zero-order valence-corrected chi connectivity index (χ0v) is 20.8. The van der Waals surface area contributed by atoms with Gasteiger partial charge in [-0.2, -0.15) is 0 Å². The Morgan fingerprint density at radius 3 is 2.45 bits per heavy atom. The average molecular weight is 541 g/mol. The number of nitrogens with two attached hydrogens (primary N) is 1. The average Bonchev–Trinajstić information content (AvgIpc) is 2.84. The van der Waals surface area contributed by atoms with Gasteiger partial charge in [0.2, 0.25) is 5.88 Å². The zero-order valence-electron chi connectivity index (χ0n) is 20.8. The van der Waals surface area contributed by atoms with Crippen LogP contribution in [0.1, 0.15) is 37.0 Å². The lowest BCUT2D eigenvalue weighted by atomic mass is 9.92. The molecule has 2 unspecified atom stereocenters. The van der Waals surface area contributed by atoms with Crippen molar-refractivity contribution in [1.82, 2.24) is 15.2 Å². The maximum atomic E-state index is 15.4. The van der Waals surface area contributed by atoms with Crippen molar-refractivity contribution >= 4 is 34.4 Å². The Labute approximate surface area is 216 Å². The molecule has 7 N–H and O–H groups in total. The number of nitrogens with one attached hydrogen (secondary N) is 1. The molecule has 0 radical (unpaired) electrons. The van der Waals surface area contributed by atoms with Gasteiger partial charge < -0.3 is 41.1 Å². The molecule has 0 saturated carbocycles. The van der Waals surface area contributed by atoms with Crippen LogP contribution in [0, 0.1) is 5.82 Å². The topological polar surface area (TPSA) is 196 Å². The SMILES string of the molecule is CC(C)(O)CN1CCC(F)(CNC(=O)c2cc(F)c(N)c3ccc(OC(=O)C(O)C(O)C(=O)O)nc23)CC1. The maximum absolute atomic E-state index is 15.4. The summed E-state index contributed by atoms with van der Waals surface area (Å²) >= 11 is 0. The molecule has 2 heterocycles. The lowest BCUT2D eigenvalue weighted by molar-refractivity contribution is -0.164. The van der Waals surface area contributed by atoms with Gasteiger partial charge in [0, 0.05) is 31.1 Å². The number of ether oxygens (including phenoxy) is 1. The number of carboxylic acids is 1. The van der Waals surface area contributed by atoms with Gasteiger partial charge >= 0.3 is 11.9 Å². The van der Waals surface area contributed by atoms with Crippen molar-refractivity contribution in [2.45, 2.75) is 50.2 Å². The van der Waals surface area contributed by atoms with Crippen molar-refractivity contribution < 1.29 is 48.3 Å². The molecule has 38 heavy (non-hydrogen) atoms. The molecular weight excluding hydrogens is 510 g/mol. The lowest BCUT2D eigenvalue weighted by Crippen LogP contribution is -2.50. The smallest absolute Gasteiger partial charge is 0.345 e. The van der Waals surface area contributed by atoms with Crippen LogP contribution in [0.25, 0.3) is 10.9 Å². The van der Waals surface area contributed by atoms with Gasteiger partial charge in [0.1, 0.15) is 11.5 Å². The minimum absolute atomic E-state index is 0.0176. The molecule has 2 atom stereocenters. The van der Waals surface area contributed by atoms with Crippen LogP contribution in [0.5, 0.6) is 5.88 Å². The number of carbonyl (C=O) groups is 3. The summed E-state index contributed by atoms with van der Waals surface area (Å²) in [4.78, 5) is 41.6. The highest BCUT2D eigenvalue weighted by molar-refractivity contribution is 6.08. The highest BCUT2D eigenvalue weighted by Gasteiger charge is 2.36. The van der Waals surface area contributed by atoms with Crippen LogP contribution in [-0.2, 0) is 9.59 Å². The monoisotopic (exact) mass is 540 g/mol. The summed E-state index contributed by atoms with van der Waals surface area (Å²) < 4.78 is 34.6. The standard InChI is InChI=1S/C24H30F2N4O8/c1-23(2,37)11-30-7-5-24(26,6-8-30)10-28-20(33)13-9-14(25)16(27)12-3-4-15(29-17(12)13)38-22(36)19(32)18(31)21(34)35/h3-4,9,18-19,31-32,37H,5-8,10-11,27H2,1-2H3,(H,28,33)(H,34,35). The zero-order chi connectivity index (χ0) is 28.4. The largest absolute Gasteiger partial charge is 0.479 e. The van der Waals surface area contributed by atoms with Crippen molar-refractivity contribution in [3.63, 3.8) is 0 Å². The van der Waals surface area contributed by atoms with Crippen molar-refractivity contribution in [2.24, 2.45) is 0 Å². The van der Waals surface area contributed by atoms with Gasteiger partial charge in [-0.25, -0.2) is 23.4 Å². The highest BCUT2D eigenvalue weighted by atomic mass is 19.1. The van der Waals surface area contributed by atoms with E-state index in [1.165, 1.54) is 6.07 Å². The number of aromatic nitrogens is 1. The second-order valence-electron chi connectivity index (χ2n) is 9.94. The molecule has 0 aliphatic carbocycles. The van der Waals surface area contributed by atoms with Crippen LogP contribution in [0.2, 0.25) is 0 Å². The minimum atomic E-state index is -2.45. The van der Waals surface area contributed by atoms with Crippen LogP contribution >= 0.6 is 0 Å². The van der Waals surface area contributed by atoms with E-state index in [0.29, 0.717) is 19.6 Å². The number of hydrogen-bond acceptors (Lipinski definition) is 10. The van der Waals surface area contributed by atoms with Crippen LogP contribution in [-0.4, -0.2) is 97.8 Å². The molecule has 2 aromatic rings. The van der Waals surface area contributed by atoms with E-state index < -0.39 is 53.0 Å². The fraction of sp³-hybridized carbons (Fsp3) is 0.500. The summed E-state index contributed by atoms with van der Waals surface area (Å²) in [6.45, 7) is 4.05. The Balaban J connectivity index is 1.77. The number of aliphatic carboxylic acids is 1. The fourth-order valence-corrected chi connectivity index (χ4v) is 4.09. The van der Waals surface area contributed by atoms with E-state index in [1.807, 2.05) is 4.90 Å². The summed E-state index contributed by atoms with van der Waals surface area (Å²) in [5, 5.41) is 40.1. The van der Waals surface area contributed by atoms with Crippen molar-refractivity contribution in [2.75, 3.05) is 31.9 Å². The molecule has 1 aliphatic heterocycles.